The first-order valence-corrected chi connectivity index (χ1v) is 13.6. The van der Waals surface area contributed by atoms with Crippen molar-refractivity contribution in [3.63, 3.8) is 0 Å². The number of ether oxygens (including phenoxy) is 2. The number of carbonyl (C=O) groups excluding carboxylic acids is 2. The lowest BCUT2D eigenvalue weighted by Gasteiger charge is -2.34. The Labute approximate surface area is 234 Å². The molecule has 3 aromatic carbocycles. The van der Waals surface area contributed by atoms with Crippen molar-refractivity contribution in [1.82, 2.24) is 20.3 Å². The van der Waals surface area contributed by atoms with Crippen LogP contribution >= 0.6 is 0 Å². The van der Waals surface area contributed by atoms with Crippen LogP contribution in [0.5, 0.6) is 11.5 Å². The molecule has 0 bridgehead atoms. The van der Waals surface area contributed by atoms with E-state index in [1.807, 2.05) is 56.3 Å². The highest BCUT2D eigenvalue weighted by Gasteiger charge is 2.36. The number of rotatable bonds is 9. The van der Waals surface area contributed by atoms with Crippen LogP contribution in [0, 0.1) is 13.8 Å². The Morgan fingerprint density at radius 1 is 1.00 bits per heavy atom. The van der Waals surface area contributed by atoms with Gasteiger partial charge in [-0.1, -0.05) is 42.3 Å². The molecule has 0 spiro atoms. The molecule has 1 aliphatic carbocycles. The second kappa shape index (κ2) is 11.8. The van der Waals surface area contributed by atoms with E-state index in [-0.39, 0.29) is 24.4 Å². The Morgan fingerprint density at radius 3 is 2.40 bits per heavy atom. The van der Waals surface area contributed by atoms with Gasteiger partial charge in [-0.2, -0.15) is 0 Å². The van der Waals surface area contributed by atoms with E-state index in [1.54, 1.807) is 42.0 Å². The van der Waals surface area contributed by atoms with Gasteiger partial charge in [0.25, 0.3) is 0 Å². The number of aromatic nitrogens is 3. The van der Waals surface area contributed by atoms with Crippen molar-refractivity contribution in [3.8, 4) is 11.5 Å². The van der Waals surface area contributed by atoms with Gasteiger partial charge in [-0.25, -0.2) is 4.68 Å². The smallest absolute Gasteiger partial charge is 0.249 e. The van der Waals surface area contributed by atoms with Crippen LogP contribution in [0.15, 0.2) is 60.7 Å². The van der Waals surface area contributed by atoms with Gasteiger partial charge < -0.3 is 14.8 Å². The number of benzene rings is 3. The summed E-state index contributed by atoms with van der Waals surface area (Å²) in [5.41, 5.74) is 4.53. The maximum absolute atomic E-state index is 14.4. The molecule has 40 heavy (non-hydrogen) atoms. The van der Waals surface area contributed by atoms with E-state index in [1.165, 1.54) is 0 Å². The highest BCUT2D eigenvalue weighted by molar-refractivity contribution is 6.02. The van der Waals surface area contributed by atoms with Gasteiger partial charge in [-0.3, -0.25) is 14.5 Å². The Bertz CT molecular complexity index is 1500. The van der Waals surface area contributed by atoms with Crippen molar-refractivity contribution in [3.05, 3.63) is 77.4 Å². The quantitative estimate of drug-likeness (QED) is 0.324. The van der Waals surface area contributed by atoms with E-state index in [9.17, 15) is 9.59 Å². The van der Waals surface area contributed by atoms with Crippen LogP contribution in [-0.4, -0.2) is 47.1 Å². The fraction of sp³-hybridized carbons (Fsp3) is 0.355. The van der Waals surface area contributed by atoms with E-state index < -0.39 is 6.04 Å². The number of amides is 2. The molecule has 9 nitrogen and oxygen atoms in total. The Kier molecular flexibility index (Phi) is 8.00. The maximum Gasteiger partial charge on any atom is 0.249 e. The highest BCUT2D eigenvalue weighted by Crippen LogP contribution is 2.36. The fourth-order valence-corrected chi connectivity index (χ4v) is 5.39. The Hall–Kier alpha value is -4.40. The summed E-state index contributed by atoms with van der Waals surface area (Å²) in [5, 5.41) is 11.7. The molecule has 1 atom stereocenters. The number of aryl methyl sites for hydroxylation is 2. The predicted octanol–water partition coefficient (Wildman–Crippen LogP) is 4.90. The monoisotopic (exact) mass is 541 g/mol. The van der Waals surface area contributed by atoms with Crippen molar-refractivity contribution in [2.45, 2.75) is 58.2 Å². The van der Waals surface area contributed by atoms with Gasteiger partial charge in [-0.15, -0.1) is 5.10 Å². The Morgan fingerprint density at radius 2 is 1.70 bits per heavy atom. The topological polar surface area (TPSA) is 98.6 Å². The first-order valence-electron chi connectivity index (χ1n) is 13.6. The zero-order chi connectivity index (χ0) is 28.2. The summed E-state index contributed by atoms with van der Waals surface area (Å²) in [6, 6.07) is 17.8. The second-order valence-electron chi connectivity index (χ2n) is 10.3. The van der Waals surface area contributed by atoms with Crippen molar-refractivity contribution in [2.75, 3.05) is 19.1 Å². The zero-order valence-corrected chi connectivity index (χ0v) is 23.4. The van der Waals surface area contributed by atoms with Crippen LogP contribution in [0.1, 0.15) is 48.4 Å². The molecule has 9 heteroatoms. The largest absolute Gasteiger partial charge is 0.497 e. The molecule has 1 heterocycles. The van der Waals surface area contributed by atoms with Crippen molar-refractivity contribution >= 4 is 28.5 Å². The lowest BCUT2D eigenvalue weighted by molar-refractivity contribution is -0.127. The van der Waals surface area contributed by atoms with Crippen molar-refractivity contribution < 1.29 is 19.1 Å². The minimum absolute atomic E-state index is 0.0670. The van der Waals surface area contributed by atoms with Crippen molar-refractivity contribution in [2.24, 2.45) is 0 Å². The molecule has 0 saturated heterocycles. The Balaban J connectivity index is 1.65. The number of nitrogens with zero attached hydrogens (tertiary/aromatic N) is 4. The van der Waals surface area contributed by atoms with E-state index in [0.717, 1.165) is 42.3 Å². The third kappa shape index (κ3) is 5.64. The molecule has 1 N–H and O–H groups in total. The van der Waals surface area contributed by atoms with Crippen molar-refractivity contribution in [1.29, 1.82) is 0 Å². The molecule has 1 aromatic heterocycles. The first kappa shape index (κ1) is 27.2. The van der Waals surface area contributed by atoms with Gasteiger partial charge in [-0.05, 0) is 73.7 Å². The van der Waals surface area contributed by atoms with Crippen LogP contribution in [-0.2, 0) is 16.1 Å². The summed E-state index contributed by atoms with van der Waals surface area (Å²) in [6.07, 6.45) is 3.98. The van der Waals surface area contributed by atoms with E-state index in [4.69, 9.17) is 9.47 Å². The van der Waals surface area contributed by atoms with E-state index in [2.05, 4.69) is 15.6 Å². The molecule has 1 fully saturated rings. The van der Waals surface area contributed by atoms with Gasteiger partial charge in [0.2, 0.25) is 11.8 Å². The zero-order valence-electron chi connectivity index (χ0n) is 23.4. The highest BCUT2D eigenvalue weighted by atomic mass is 16.5. The molecule has 208 valence electrons. The second-order valence-corrected chi connectivity index (χ2v) is 10.3. The molecule has 2 amide bonds. The summed E-state index contributed by atoms with van der Waals surface area (Å²) in [4.78, 5) is 30.2. The van der Waals surface area contributed by atoms with Crippen LogP contribution in [0.25, 0.3) is 11.0 Å². The lowest BCUT2D eigenvalue weighted by atomic mass is 9.99. The summed E-state index contributed by atoms with van der Waals surface area (Å²) in [7, 11) is 3.13. The summed E-state index contributed by atoms with van der Waals surface area (Å²) >= 11 is 0. The third-order valence-corrected chi connectivity index (χ3v) is 7.50. The fourth-order valence-electron chi connectivity index (χ4n) is 5.39. The molecule has 5 rings (SSSR count). The van der Waals surface area contributed by atoms with E-state index >= 15 is 0 Å². The molecule has 0 radical (unpaired) electrons. The number of hydrogen-bond acceptors (Lipinski definition) is 6. The number of hydrogen-bond donors (Lipinski definition) is 1. The number of nitrogens with one attached hydrogen (secondary N) is 1. The number of fused-ring (bicyclic) bond motifs is 1. The molecule has 0 aliphatic heterocycles. The van der Waals surface area contributed by atoms with Gasteiger partial charge >= 0.3 is 0 Å². The molecule has 1 saturated carbocycles. The van der Waals surface area contributed by atoms with E-state index in [0.29, 0.717) is 28.3 Å². The normalized spacial score (nSPS) is 14.2. The SMILES string of the molecule is COc1cc(OC)cc([C@@H](C(=O)NC2CCCC2)N(C(=O)Cn2nnc3ccccc32)c2cc(C)ccc2C)c1. The number of methoxy groups -OCH3 is 2. The van der Waals surface area contributed by atoms with Gasteiger partial charge in [0.15, 0.2) is 0 Å². The van der Waals surface area contributed by atoms with Crippen LogP contribution in [0.3, 0.4) is 0 Å². The predicted molar refractivity (Wildman–Crippen MR) is 154 cm³/mol. The van der Waals surface area contributed by atoms with Crippen LogP contribution < -0.4 is 19.7 Å². The van der Waals surface area contributed by atoms with Crippen LogP contribution in [0.4, 0.5) is 5.69 Å². The van der Waals surface area contributed by atoms with Crippen LogP contribution in [0.2, 0.25) is 0 Å². The molecule has 0 unspecified atom stereocenters. The minimum atomic E-state index is -0.979. The average molecular weight is 542 g/mol. The lowest BCUT2D eigenvalue weighted by Crippen LogP contribution is -2.47. The molecule has 1 aliphatic rings. The average Bonchev–Trinajstić information content (AvgIpc) is 3.62. The third-order valence-electron chi connectivity index (χ3n) is 7.50. The first-order chi connectivity index (χ1) is 19.4. The van der Waals surface area contributed by atoms with Gasteiger partial charge in [0.1, 0.15) is 29.6 Å². The summed E-state index contributed by atoms with van der Waals surface area (Å²) in [6.45, 7) is 3.82. The number of para-hydroxylation sites is 1. The van der Waals surface area contributed by atoms with Gasteiger partial charge in [0, 0.05) is 17.8 Å². The molecular weight excluding hydrogens is 506 g/mol. The number of carbonyl (C=O) groups is 2. The standard InChI is InChI=1S/C31H35N5O4/c1-20-13-14-21(2)28(15-20)36(29(37)19-35-27-12-8-7-11-26(27)33-34-35)30(31(38)32-23-9-5-6-10-23)22-16-24(39-3)18-25(17-22)40-4/h7-8,11-18,23,30H,5-6,9-10,19H2,1-4H3,(H,32,38)/t30-/m0/s1. The molecule has 4 aromatic rings. The maximum atomic E-state index is 14.4. The minimum Gasteiger partial charge on any atom is -0.497 e. The molecular formula is C31H35N5O4. The summed E-state index contributed by atoms with van der Waals surface area (Å²) < 4.78 is 12.7. The number of anilines is 1. The summed E-state index contributed by atoms with van der Waals surface area (Å²) in [5.74, 6) is 0.518. The van der Waals surface area contributed by atoms with Gasteiger partial charge in [0.05, 0.1) is 19.7 Å².